The highest BCUT2D eigenvalue weighted by Crippen LogP contribution is 2.27. The number of aryl methyl sites for hydroxylation is 1. The maximum atomic E-state index is 12.4. The summed E-state index contributed by atoms with van der Waals surface area (Å²) in [7, 11) is 0. The summed E-state index contributed by atoms with van der Waals surface area (Å²) in [5, 5.41) is 12.9. The van der Waals surface area contributed by atoms with Crippen LogP contribution < -0.4 is 5.32 Å². The summed E-state index contributed by atoms with van der Waals surface area (Å²) in [6.45, 7) is 6.32. The van der Waals surface area contributed by atoms with Crippen LogP contribution in [0.5, 0.6) is 0 Å². The Bertz CT molecular complexity index is 610. The average molecular weight is 321 g/mol. The number of aromatic nitrogens is 2. The molecule has 112 valence electrons. The van der Waals surface area contributed by atoms with Crippen molar-refractivity contribution in [2.75, 3.05) is 5.32 Å². The Kier molecular flexibility index (Phi) is 5.76. The molecule has 0 fully saturated rings. The Hall–Kier alpha value is -1.40. The van der Waals surface area contributed by atoms with E-state index in [1.54, 1.807) is 11.8 Å². The van der Waals surface area contributed by atoms with Gasteiger partial charge in [-0.05, 0) is 18.6 Å². The molecule has 1 heterocycles. The summed E-state index contributed by atoms with van der Waals surface area (Å²) < 4.78 is 0. The molecule has 0 spiro atoms. The summed E-state index contributed by atoms with van der Waals surface area (Å²) in [5.41, 5.74) is 0.684. The zero-order valence-corrected chi connectivity index (χ0v) is 14.1. The van der Waals surface area contributed by atoms with Gasteiger partial charge >= 0.3 is 0 Å². The molecule has 1 aromatic carbocycles. The number of nitrogens with one attached hydrogen (secondary N) is 1. The van der Waals surface area contributed by atoms with Gasteiger partial charge in [0, 0.05) is 16.6 Å². The highest BCUT2D eigenvalue weighted by Gasteiger charge is 2.14. The number of hydrogen-bond acceptors (Lipinski definition) is 5. The fourth-order valence-electron chi connectivity index (χ4n) is 1.79. The van der Waals surface area contributed by atoms with Crippen molar-refractivity contribution in [3.63, 3.8) is 0 Å². The number of anilines is 1. The Labute approximate surface area is 133 Å². The van der Waals surface area contributed by atoms with Crippen LogP contribution in [0.2, 0.25) is 0 Å². The van der Waals surface area contributed by atoms with Crippen molar-refractivity contribution in [2.24, 2.45) is 0 Å². The van der Waals surface area contributed by atoms with Gasteiger partial charge in [-0.3, -0.25) is 10.1 Å². The highest BCUT2D eigenvalue weighted by atomic mass is 32.2. The van der Waals surface area contributed by atoms with Crippen molar-refractivity contribution in [3.05, 3.63) is 34.8 Å². The van der Waals surface area contributed by atoms with Crippen LogP contribution in [-0.4, -0.2) is 21.4 Å². The fourth-order valence-corrected chi connectivity index (χ4v) is 3.58. The second-order valence-electron chi connectivity index (χ2n) is 4.87. The molecule has 0 unspecified atom stereocenters. The molecule has 0 saturated carbocycles. The van der Waals surface area contributed by atoms with Gasteiger partial charge < -0.3 is 0 Å². The molecule has 2 aromatic rings. The quantitative estimate of drug-likeness (QED) is 0.808. The lowest BCUT2D eigenvalue weighted by Crippen LogP contribution is -2.13. The van der Waals surface area contributed by atoms with E-state index in [2.05, 4.69) is 36.3 Å². The van der Waals surface area contributed by atoms with Gasteiger partial charge in [0.2, 0.25) is 5.13 Å². The summed E-state index contributed by atoms with van der Waals surface area (Å²) in [6, 6.07) is 7.64. The molecule has 0 aliphatic carbocycles. The van der Waals surface area contributed by atoms with E-state index in [4.69, 9.17) is 0 Å². The minimum atomic E-state index is -0.127. The first-order chi connectivity index (χ1) is 10.1. The third-order valence-electron chi connectivity index (χ3n) is 2.65. The third kappa shape index (κ3) is 4.54. The molecule has 21 heavy (non-hydrogen) atoms. The fraction of sp³-hybridized carbons (Fsp3) is 0.400. The minimum absolute atomic E-state index is 0.127. The molecular weight excluding hydrogens is 302 g/mol. The Morgan fingerprint density at radius 2 is 2.10 bits per heavy atom. The summed E-state index contributed by atoms with van der Waals surface area (Å²) in [4.78, 5) is 13.4. The molecule has 4 nitrogen and oxygen atoms in total. The lowest BCUT2D eigenvalue weighted by Gasteiger charge is -2.10. The molecule has 2 rings (SSSR count). The van der Waals surface area contributed by atoms with E-state index in [0.717, 1.165) is 22.7 Å². The lowest BCUT2D eigenvalue weighted by molar-refractivity contribution is 0.102. The van der Waals surface area contributed by atoms with Crippen LogP contribution in [0, 0.1) is 0 Å². The Morgan fingerprint density at radius 3 is 2.81 bits per heavy atom. The molecule has 1 N–H and O–H groups in total. The minimum Gasteiger partial charge on any atom is -0.296 e. The maximum Gasteiger partial charge on any atom is 0.258 e. The topological polar surface area (TPSA) is 54.9 Å². The SMILES string of the molecule is CCCc1nnc(NC(=O)c2ccccc2SC(C)C)s1. The van der Waals surface area contributed by atoms with Gasteiger partial charge in [-0.2, -0.15) is 0 Å². The molecule has 1 aromatic heterocycles. The monoisotopic (exact) mass is 321 g/mol. The van der Waals surface area contributed by atoms with Gasteiger partial charge in [-0.25, -0.2) is 0 Å². The number of thioether (sulfide) groups is 1. The van der Waals surface area contributed by atoms with Crippen LogP contribution in [0.25, 0.3) is 0 Å². The zero-order valence-electron chi connectivity index (χ0n) is 12.4. The smallest absolute Gasteiger partial charge is 0.258 e. The van der Waals surface area contributed by atoms with Crippen LogP contribution in [0.4, 0.5) is 5.13 Å². The van der Waals surface area contributed by atoms with Crippen LogP contribution in [0.15, 0.2) is 29.2 Å². The van der Waals surface area contributed by atoms with Crippen LogP contribution in [-0.2, 0) is 6.42 Å². The molecule has 6 heteroatoms. The number of rotatable bonds is 6. The maximum absolute atomic E-state index is 12.4. The first kappa shape index (κ1) is 16.0. The molecule has 0 aliphatic heterocycles. The van der Waals surface area contributed by atoms with Crippen molar-refractivity contribution in [1.29, 1.82) is 0 Å². The highest BCUT2D eigenvalue weighted by molar-refractivity contribution is 8.00. The predicted molar refractivity (Wildman–Crippen MR) is 89.3 cm³/mol. The first-order valence-corrected chi connectivity index (χ1v) is 8.69. The first-order valence-electron chi connectivity index (χ1n) is 6.99. The van der Waals surface area contributed by atoms with Gasteiger partial charge in [0.1, 0.15) is 5.01 Å². The molecule has 0 bridgehead atoms. The predicted octanol–water partition coefficient (Wildman–Crippen LogP) is 4.24. The lowest BCUT2D eigenvalue weighted by atomic mass is 10.2. The van der Waals surface area contributed by atoms with Crippen molar-refractivity contribution < 1.29 is 4.79 Å². The van der Waals surface area contributed by atoms with E-state index in [0.29, 0.717) is 15.9 Å². The Morgan fingerprint density at radius 1 is 1.33 bits per heavy atom. The zero-order chi connectivity index (χ0) is 15.2. The molecule has 0 saturated heterocycles. The Balaban J connectivity index is 2.12. The average Bonchev–Trinajstić information content (AvgIpc) is 2.86. The van der Waals surface area contributed by atoms with Gasteiger partial charge in [0.25, 0.3) is 5.91 Å². The van der Waals surface area contributed by atoms with Crippen LogP contribution >= 0.6 is 23.1 Å². The number of amides is 1. The molecule has 0 aliphatic rings. The molecule has 0 radical (unpaired) electrons. The number of carbonyl (C=O) groups is 1. The van der Waals surface area contributed by atoms with Crippen molar-refractivity contribution in [1.82, 2.24) is 10.2 Å². The molecule has 1 amide bonds. The van der Waals surface area contributed by atoms with E-state index in [9.17, 15) is 4.79 Å². The van der Waals surface area contributed by atoms with Crippen molar-refractivity contribution in [2.45, 2.75) is 43.8 Å². The summed E-state index contributed by atoms with van der Waals surface area (Å²) >= 11 is 3.12. The number of hydrogen-bond donors (Lipinski definition) is 1. The third-order valence-corrected chi connectivity index (χ3v) is 4.63. The van der Waals surface area contributed by atoms with E-state index in [1.807, 2.05) is 24.3 Å². The van der Waals surface area contributed by atoms with Crippen LogP contribution in [0.3, 0.4) is 0 Å². The summed E-state index contributed by atoms with van der Waals surface area (Å²) in [5.74, 6) is -0.127. The largest absolute Gasteiger partial charge is 0.296 e. The van der Waals surface area contributed by atoms with E-state index in [1.165, 1.54) is 11.3 Å². The molecule has 0 atom stereocenters. The molecular formula is C15H19N3OS2. The number of nitrogens with zero attached hydrogens (tertiary/aromatic N) is 2. The van der Waals surface area contributed by atoms with Gasteiger partial charge in [-0.1, -0.05) is 44.2 Å². The van der Waals surface area contributed by atoms with Gasteiger partial charge in [0.15, 0.2) is 0 Å². The van der Waals surface area contributed by atoms with Gasteiger partial charge in [-0.15, -0.1) is 22.0 Å². The number of benzene rings is 1. The van der Waals surface area contributed by atoms with E-state index < -0.39 is 0 Å². The van der Waals surface area contributed by atoms with E-state index in [-0.39, 0.29) is 5.91 Å². The number of carbonyl (C=O) groups excluding carboxylic acids is 1. The van der Waals surface area contributed by atoms with Crippen molar-refractivity contribution >= 4 is 34.1 Å². The summed E-state index contributed by atoms with van der Waals surface area (Å²) in [6.07, 6.45) is 1.92. The second-order valence-corrected chi connectivity index (χ2v) is 7.55. The van der Waals surface area contributed by atoms with Crippen molar-refractivity contribution in [3.8, 4) is 0 Å². The standard InChI is InChI=1S/C15H19N3OS2/c1-4-7-13-17-18-15(21-13)16-14(19)11-8-5-6-9-12(11)20-10(2)3/h5-6,8-10H,4,7H2,1-3H3,(H,16,18,19). The van der Waals surface area contributed by atoms with Gasteiger partial charge in [0.05, 0.1) is 5.56 Å². The second kappa shape index (κ2) is 7.56. The van der Waals surface area contributed by atoms with E-state index >= 15 is 0 Å². The normalized spacial score (nSPS) is 10.9. The van der Waals surface area contributed by atoms with Crippen LogP contribution in [0.1, 0.15) is 42.6 Å².